The Morgan fingerprint density at radius 3 is 2.56 bits per heavy atom. The van der Waals surface area contributed by atoms with E-state index in [4.69, 9.17) is 5.73 Å². The van der Waals surface area contributed by atoms with Crippen LogP contribution in [0.15, 0.2) is 0 Å². The fourth-order valence-corrected chi connectivity index (χ4v) is 2.02. The molecular formula is C12H25N3O. The SMILES string of the molecule is CC(C)(CCCN)CNC(=O)N1CCCC1. The van der Waals surface area contributed by atoms with Crippen LogP contribution in [0.1, 0.15) is 39.5 Å². The van der Waals surface area contributed by atoms with Gasteiger partial charge >= 0.3 is 6.03 Å². The van der Waals surface area contributed by atoms with Crippen LogP contribution in [0.4, 0.5) is 4.79 Å². The van der Waals surface area contributed by atoms with E-state index < -0.39 is 0 Å². The minimum absolute atomic E-state index is 0.0957. The smallest absolute Gasteiger partial charge is 0.317 e. The highest BCUT2D eigenvalue weighted by Gasteiger charge is 2.21. The Labute approximate surface area is 98.6 Å². The number of nitrogens with two attached hydrogens (primary N) is 1. The van der Waals surface area contributed by atoms with Crippen molar-refractivity contribution in [3.05, 3.63) is 0 Å². The molecule has 0 radical (unpaired) electrons. The number of carbonyl (C=O) groups excluding carboxylic acids is 1. The summed E-state index contributed by atoms with van der Waals surface area (Å²) in [5.74, 6) is 0. The van der Waals surface area contributed by atoms with Crippen molar-refractivity contribution in [1.29, 1.82) is 0 Å². The third kappa shape index (κ3) is 4.39. The van der Waals surface area contributed by atoms with E-state index in [9.17, 15) is 4.79 Å². The molecule has 0 unspecified atom stereocenters. The quantitative estimate of drug-likeness (QED) is 0.749. The van der Waals surface area contributed by atoms with Crippen LogP contribution in [0.25, 0.3) is 0 Å². The molecule has 1 rings (SSSR count). The van der Waals surface area contributed by atoms with Gasteiger partial charge in [-0.2, -0.15) is 0 Å². The molecule has 16 heavy (non-hydrogen) atoms. The number of urea groups is 1. The molecule has 1 heterocycles. The third-order valence-electron chi connectivity index (χ3n) is 3.17. The van der Waals surface area contributed by atoms with Gasteiger partial charge in [-0.25, -0.2) is 4.79 Å². The summed E-state index contributed by atoms with van der Waals surface area (Å²) in [4.78, 5) is 13.7. The average Bonchev–Trinajstić information content (AvgIpc) is 2.77. The number of likely N-dealkylation sites (tertiary alicyclic amines) is 1. The molecule has 3 N–H and O–H groups in total. The first-order valence-corrected chi connectivity index (χ1v) is 6.28. The van der Waals surface area contributed by atoms with E-state index in [1.807, 2.05) is 4.90 Å². The summed E-state index contributed by atoms with van der Waals surface area (Å²) in [6.07, 6.45) is 4.37. The van der Waals surface area contributed by atoms with Gasteiger partial charge < -0.3 is 16.0 Å². The summed E-state index contributed by atoms with van der Waals surface area (Å²) < 4.78 is 0. The number of amides is 2. The molecule has 4 nitrogen and oxygen atoms in total. The second-order valence-corrected chi connectivity index (χ2v) is 5.41. The van der Waals surface area contributed by atoms with Crippen LogP contribution in [0.2, 0.25) is 0 Å². The Bertz CT molecular complexity index is 222. The molecule has 4 heteroatoms. The Kier molecular flexibility index (Phi) is 5.06. The summed E-state index contributed by atoms with van der Waals surface area (Å²) in [6, 6.07) is 0.0957. The maximum Gasteiger partial charge on any atom is 0.317 e. The minimum Gasteiger partial charge on any atom is -0.337 e. The number of hydrogen-bond acceptors (Lipinski definition) is 2. The first-order valence-electron chi connectivity index (χ1n) is 6.28. The average molecular weight is 227 g/mol. The van der Waals surface area contributed by atoms with Gasteiger partial charge in [0.15, 0.2) is 0 Å². The molecule has 0 atom stereocenters. The van der Waals surface area contributed by atoms with Crippen molar-refractivity contribution in [2.24, 2.45) is 11.1 Å². The summed E-state index contributed by atoms with van der Waals surface area (Å²) in [7, 11) is 0. The lowest BCUT2D eigenvalue weighted by molar-refractivity contribution is 0.200. The van der Waals surface area contributed by atoms with Crippen LogP contribution in [-0.2, 0) is 0 Å². The Morgan fingerprint density at radius 2 is 2.00 bits per heavy atom. The Morgan fingerprint density at radius 1 is 1.38 bits per heavy atom. The highest BCUT2D eigenvalue weighted by molar-refractivity contribution is 5.74. The third-order valence-corrected chi connectivity index (χ3v) is 3.17. The molecule has 1 aliphatic heterocycles. The van der Waals surface area contributed by atoms with E-state index >= 15 is 0 Å². The fraction of sp³-hybridized carbons (Fsp3) is 0.917. The van der Waals surface area contributed by atoms with Crippen LogP contribution < -0.4 is 11.1 Å². The lowest BCUT2D eigenvalue weighted by atomic mass is 9.88. The standard InChI is InChI=1S/C12H25N3O/c1-12(2,6-5-7-13)10-14-11(16)15-8-3-4-9-15/h3-10,13H2,1-2H3,(H,14,16). The van der Waals surface area contributed by atoms with Crippen LogP contribution in [0.5, 0.6) is 0 Å². The van der Waals surface area contributed by atoms with Gasteiger partial charge in [0.05, 0.1) is 0 Å². The van der Waals surface area contributed by atoms with Crippen molar-refractivity contribution in [3.8, 4) is 0 Å². The predicted molar refractivity (Wildman–Crippen MR) is 66.3 cm³/mol. The second kappa shape index (κ2) is 6.09. The van der Waals surface area contributed by atoms with Gasteiger partial charge in [0, 0.05) is 19.6 Å². The zero-order chi connectivity index (χ0) is 12.0. The summed E-state index contributed by atoms with van der Waals surface area (Å²) in [6.45, 7) is 7.63. The van der Waals surface area contributed by atoms with E-state index in [1.54, 1.807) is 0 Å². The number of carbonyl (C=O) groups is 1. The number of nitrogens with zero attached hydrogens (tertiary/aromatic N) is 1. The summed E-state index contributed by atoms with van der Waals surface area (Å²) in [5, 5.41) is 3.02. The minimum atomic E-state index is 0.0957. The van der Waals surface area contributed by atoms with Crippen molar-refractivity contribution >= 4 is 6.03 Å². The second-order valence-electron chi connectivity index (χ2n) is 5.41. The van der Waals surface area contributed by atoms with Crippen molar-refractivity contribution in [2.45, 2.75) is 39.5 Å². The van der Waals surface area contributed by atoms with Gasteiger partial charge in [-0.15, -0.1) is 0 Å². The molecule has 1 saturated heterocycles. The van der Waals surface area contributed by atoms with Crippen molar-refractivity contribution in [3.63, 3.8) is 0 Å². The summed E-state index contributed by atoms with van der Waals surface area (Å²) in [5.41, 5.74) is 5.64. The van der Waals surface area contributed by atoms with Crippen molar-refractivity contribution in [2.75, 3.05) is 26.2 Å². The summed E-state index contributed by atoms with van der Waals surface area (Å²) >= 11 is 0. The zero-order valence-corrected chi connectivity index (χ0v) is 10.6. The Hall–Kier alpha value is -0.770. The van der Waals surface area contributed by atoms with Gasteiger partial charge in [-0.3, -0.25) is 0 Å². The predicted octanol–water partition coefficient (Wildman–Crippen LogP) is 1.56. The topological polar surface area (TPSA) is 58.4 Å². The maximum absolute atomic E-state index is 11.8. The number of rotatable bonds is 5. The van der Waals surface area contributed by atoms with Gasteiger partial charge in [0.2, 0.25) is 0 Å². The van der Waals surface area contributed by atoms with Gasteiger partial charge in [0.1, 0.15) is 0 Å². The molecule has 0 aliphatic carbocycles. The molecule has 94 valence electrons. The van der Waals surface area contributed by atoms with E-state index in [0.717, 1.165) is 51.9 Å². The van der Waals surface area contributed by atoms with E-state index in [-0.39, 0.29) is 11.4 Å². The molecule has 0 spiro atoms. The highest BCUT2D eigenvalue weighted by atomic mass is 16.2. The number of nitrogens with one attached hydrogen (secondary N) is 1. The molecule has 0 bridgehead atoms. The number of hydrogen-bond donors (Lipinski definition) is 2. The lowest BCUT2D eigenvalue weighted by Gasteiger charge is -2.26. The van der Waals surface area contributed by atoms with E-state index in [2.05, 4.69) is 19.2 Å². The fourth-order valence-electron chi connectivity index (χ4n) is 2.02. The molecule has 0 aromatic rings. The van der Waals surface area contributed by atoms with E-state index in [0.29, 0.717) is 0 Å². The highest BCUT2D eigenvalue weighted by Crippen LogP contribution is 2.20. The largest absolute Gasteiger partial charge is 0.337 e. The van der Waals surface area contributed by atoms with Gasteiger partial charge in [0.25, 0.3) is 0 Å². The first-order chi connectivity index (χ1) is 7.55. The molecular weight excluding hydrogens is 202 g/mol. The lowest BCUT2D eigenvalue weighted by Crippen LogP contribution is -2.42. The van der Waals surface area contributed by atoms with E-state index in [1.165, 1.54) is 0 Å². The van der Waals surface area contributed by atoms with Crippen LogP contribution in [0, 0.1) is 5.41 Å². The molecule has 0 aromatic heterocycles. The maximum atomic E-state index is 11.8. The molecule has 0 aromatic carbocycles. The van der Waals surface area contributed by atoms with Gasteiger partial charge in [-0.05, 0) is 37.6 Å². The van der Waals surface area contributed by atoms with Crippen molar-refractivity contribution < 1.29 is 4.79 Å². The molecule has 1 fully saturated rings. The van der Waals surface area contributed by atoms with Crippen LogP contribution in [0.3, 0.4) is 0 Å². The van der Waals surface area contributed by atoms with Gasteiger partial charge in [-0.1, -0.05) is 13.8 Å². The molecule has 2 amide bonds. The molecule has 1 aliphatic rings. The van der Waals surface area contributed by atoms with Crippen molar-refractivity contribution in [1.82, 2.24) is 10.2 Å². The molecule has 0 saturated carbocycles. The Balaban J connectivity index is 2.24. The zero-order valence-electron chi connectivity index (χ0n) is 10.6. The first kappa shape index (κ1) is 13.3. The van der Waals surface area contributed by atoms with Crippen LogP contribution in [-0.4, -0.2) is 37.1 Å². The monoisotopic (exact) mass is 227 g/mol. The normalized spacial score (nSPS) is 16.6. The van der Waals surface area contributed by atoms with Crippen LogP contribution >= 0.6 is 0 Å².